The number of morpholine rings is 1. The highest BCUT2D eigenvalue weighted by molar-refractivity contribution is 14.1. The first kappa shape index (κ1) is 13.8. The largest absolute Gasteiger partial charge is 0.379 e. The van der Waals surface area contributed by atoms with Crippen molar-refractivity contribution in [3.63, 3.8) is 0 Å². The van der Waals surface area contributed by atoms with Crippen LogP contribution in [0.25, 0.3) is 0 Å². The molecule has 0 aliphatic carbocycles. The summed E-state index contributed by atoms with van der Waals surface area (Å²) in [5.41, 5.74) is 1.43. The summed E-state index contributed by atoms with van der Waals surface area (Å²) in [6.07, 6.45) is 1.31. The summed E-state index contributed by atoms with van der Waals surface area (Å²) >= 11 is 2.36. The Kier molecular flexibility index (Phi) is 4.73. The fourth-order valence-electron chi connectivity index (χ4n) is 3.04. The Hall–Kier alpha value is -0.170. The molecule has 1 unspecified atom stereocenters. The zero-order valence-corrected chi connectivity index (χ0v) is 13.4. The second kappa shape index (κ2) is 6.52. The summed E-state index contributed by atoms with van der Waals surface area (Å²) in [5.74, 6) is 0. The first-order chi connectivity index (χ1) is 9.31. The first-order valence-corrected chi connectivity index (χ1v) is 8.18. The lowest BCUT2D eigenvalue weighted by molar-refractivity contribution is 0.0184. The minimum atomic E-state index is 0.743. The molecular formula is C15H21IN2O. The van der Waals surface area contributed by atoms with Crippen LogP contribution in [0.15, 0.2) is 24.3 Å². The minimum absolute atomic E-state index is 0.743. The summed E-state index contributed by atoms with van der Waals surface area (Å²) in [6.45, 7) is 7.59. The quantitative estimate of drug-likeness (QED) is 0.757. The Labute approximate surface area is 129 Å². The second-order valence-corrected chi connectivity index (χ2v) is 6.70. The Morgan fingerprint density at radius 2 is 1.84 bits per heavy atom. The highest BCUT2D eigenvalue weighted by Gasteiger charge is 2.28. The molecule has 0 bridgehead atoms. The average molecular weight is 372 g/mol. The molecule has 1 aromatic carbocycles. The summed E-state index contributed by atoms with van der Waals surface area (Å²) in [7, 11) is 0. The molecule has 1 atom stereocenters. The van der Waals surface area contributed by atoms with Gasteiger partial charge in [0, 0.05) is 42.3 Å². The van der Waals surface area contributed by atoms with Crippen molar-refractivity contribution in [3.05, 3.63) is 33.4 Å². The summed E-state index contributed by atoms with van der Waals surface area (Å²) in [6, 6.07) is 9.65. The van der Waals surface area contributed by atoms with Gasteiger partial charge in [-0.05, 0) is 46.7 Å². The molecule has 2 aliphatic rings. The fourth-order valence-corrected chi connectivity index (χ4v) is 3.40. The van der Waals surface area contributed by atoms with Crippen molar-refractivity contribution < 1.29 is 4.74 Å². The van der Waals surface area contributed by atoms with Crippen molar-refractivity contribution >= 4 is 22.6 Å². The molecule has 1 aromatic rings. The van der Waals surface area contributed by atoms with Crippen molar-refractivity contribution in [2.24, 2.45) is 0 Å². The van der Waals surface area contributed by atoms with Gasteiger partial charge in [0.1, 0.15) is 0 Å². The molecule has 0 aromatic heterocycles. The smallest absolute Gasteiger partial charge is 0.0594 e. The molecular weight excluding hydrogens is 351 g/mol. The van der Waals surface area contributed by atoms with Crippen LogP contribution in [-0.2, 0) is 11.3 Å². The van der Waals surface area contributed by atoms with E-state index in [1.807, 2.05) is 0 Å². The lowest BCUT2D eigenvalue weighted by Gasteiger charge is -2.32. The van der Waals surface area contributed by atoms with E-state index in [1.165, 1.54) is 28.6 Å². The molecule has 104 valence electrons. The maximum Gasteiger partial charge on any atom is 0.0594 e. The van der Waals surface area contributed by atoms with Crippen LogP contribution in [0, 0.1) is 3.57 Å². The van der Waals surface area contributed by atoms with E-state index < -0.39 is 0 Å². The lowest BCUT2D eigenvalue weighted by Crippen LogP contribution is -2.44. The van der Waals surface area contributed by atoms with Crippen LogP contribution < -0.4 is 0 Å². The normalized spacial score (nSPS) is 25.8. The van der Waals surface area contributed by atoms with Crippen molar-refractivity contribution in [2.75, 3.05) is 39.4 Å². The molecule has 0 radical (unpaired) electrons. The van der Waals surface area contributed by atoms with Gasteiger partial charge >= 0.3 is 0 Å². The van der Waals surface area contributed by atoms with Gasteiger partial charge in [-0.15, -0.1) is 0 Å². The fraction of sp³-hybridized carbons (Fsp3) is 0.600. The molecule has 2 saturated heterocycles. The Bertz CT molecular complexity index is 403. The van der Waals surface area contributed by atoms with Gasteiger partial charge in [-0.1, -0.05) is 12.1 Å². The van der Waals surface area contributed by atoms with Crippen molar-refractivity contribution in [3.8, 4) is 0 Å². The molecule has 0 amide bonds. The number of ether oxygens (including phenoxy) is 1. The number of hydrogen-bond donors (Lipinski definition) is 0. The molecule has 19 heavy (non-hydrogen) atoms. The van der Waals surface area contributed by atoms with E-state index in [0.717, 1.165) is 38.9 Å². The van der Waals surface area contributed by atoms with Gasteiger partial charge in [-0.2, -0.15) is 0 Å². The third-order valence-corrected chi connectivity index (χ3v) is 4.85. The number of hydrogen-bond acceptors (Lipinski definition) is 3. The molecule has 4 heteroatoms. The molecule has 3 rings (SSSR count). The van der Waals surface area contributed by atoms with E-state index in [4.69, 9.17) is 4.74 Å². The number of nitrogens with zero attached hydrogens (tertiary/aromatic N) is 2. The van der Waals surface area contributed by atoms with Crippen LogP contribution in [-0.4, -0.2) is 55.2 Å². The van der Waals surface area contributed by atoms with E-state index in [2.05, 4.69) is 56.7 Å². The van der Waals surface area contributed by atoms with Gasteiger partial charge in [0.2, 0.25) is 0 Å². The molecule has 0 spiro atoms. The average Bonchev–Trinajstić information content (AvgIpc) is 2.91. The van der Waals surface area contributed by atoms with E-state index in [9.17, 15) is 0 Å². The van der Waals surface area contributed by atoms with Gasteiger partial charge < -0.3 is 4.74 Å². The van der Waals surface area contributed by atoms with E-state index >= 15 is 0 Å². The van der Waals surface area contributed by atoms with Gasteiger partial charge in [0.15, 0.2) is 0 Å². The zero-order chi connectivity index (χ0) is 13.1. The van der Waals surface area contributed by atoms with Gasteiger partial charge in [0.05, 0.1) is 13.2 Å². The second-order valence-electron chi connectivity index (χ2n) is 5.45. The predicted molar refractivity (Wildman–Crippen MR) is 85.2 cm³/mol. The van der Waals surface area contributed by atoms with Crippen molar-refractivity contribution in [1.82, 2.24) is 9.80 Å². The van der Waals surface area contributed by atoms with Crippen LogP contribution in [0.1, 0.15) is 12.0 Å². The van der Waals surface area contributed by atoms with E-state index in [1.54, 1.807) is 0 Å². The van der Waals surface area contributed by atoms with Gasteiger partial charge in [-0.25, -0.2) is 0 Å². The van der Waals surface area contributed by atoms with Crippen LogP contribution in [0.4, 0.5) is 0 Å². The Morgan fingerprint density at radius 3 is 2.58 bits per heavy atom. The third-order valence-electron chi connectivity index (χ3n) is 4.13. The van der Waals surface area contributed by atoms with Crippen molar-refractivity contribution in [2.45, 2.75) is 19.0 Å². The zero-order valence-electron chi connectivity index (χ0n) is 11.2. The third kappa shape index (κ3) is 3.68. The summed E-state index contributed by atoms with van der Waals surface area (Å²) in [5, 5.41) is 0. The summed E-state index contributed by atoms with van der Waals surface area (Å²) in [4.78, 5) is 5.19. The van der Waals surface area contributed by atoms with Crippen molar-refractivity contribution in [1.29, 1.82) is 0 Å². The van der Waals surface area contributed by atoms with Crippen LogP contribution >= 0.6 is 22.6 Å². The topological polar surface area (TPSA) is 15.7 Å². The number of benzene rings is 1. The molecule has 0 N–H and O–H groups in total. The minimum Gasteiger partial charge on any atom is -0.379 e. The number of halogens is 1. The molecule has 2 aliphatic heterocycles. The predicted octanol–water partition coefficient (Wildman–Crippen LogP) is 2.20. The van der Waals surface area contributed by atoms with E-state index in [-0.39, 0.29) is 0 Å². The van der Waals surface area contributed by atoms with E-state index in [0.29, 0.717) is 0 Å². The SMILES string of the molecule is Ic1ccc(CN2CCC(N3CCOCC3)C2)cc1. The van der Waals surface area contributed by atoms with Crippen LogP contribution in [0.2, 0.25) is 0 Å². The molecule has 3 nitrogen and oxygen atoms in total. The highest BCUT2D eigenvalue weighted by atomic mass is 127. The van der Waals surface area contributed by atoms with Crippen LogP contribution in [0.3, 0.4) is 0 Å². The van der Waals surface area contributed by atoms with Gasteiger partial charge in [-0.3, -0.25) is 9.80 Å². The van der Waals surface area contributed by atoms with Crippen LogP contribution in [0.5, 0.6) is 0 Å². The first-order valence-electron chi connectivity index (χ1n) is 7.10. The molecule has 2 fully saturated rings. The standard InChI is InChI=1S/C15H21IN2O/c16-14-3-1-13(2-4-14)11-17-6-5-15(12-17)18-7-9-19-10-8-18/h1-4,15H,5-12H2. The molecule has 0 saturated carbocycles. The summed E-state index contributed by atoms with van der Waals surface area (Å²) < 4.78 is 6.75. The number of likely N-dealkylation sites (tertiary alicyclic amines) is 1. The Balaban J connectivity index is 1.52. The highest BCUT2D eigenvalue weighted by Crippen LogP contribution is 2.19. The lowest BCUT2D eigenvalue weighted by atomic mass is 10.2. The van der Waals surface area contributed by atoms with Gasteiger partial charge in [0.25, 0.3) is 0 Å². The maximum absolute atomic E-state index is 5.44. The number of rotatable bonds is 3. The maximum atomic E-state index is 5.44. The monoisotopic (exact) mass is 372 g/mol. The Morgan fingerprint density at radius 1 is 1.11 bits per heavy atom. The molecule has 2 heterocycles.